The summed E-state index contributed by atoms with van der Waals surface area (Å²) in [6, 6.07) is 11.1. The summed E-state index contributed by atoms with van der Waals surface area (Å²) in [4.78, 5) is 63.3. The molecular formula is C47H62BrN9O8. The summed E-state index contributed by atoms with van der Waals surface area (Å²) < 4.78 is 19.2. The third-order valence-electron chi connectivity index (χ3n) is 11.7. The number of aryl methyl sites for hydroxylation is 4. The molecule has 4 aromatic heterocycles. The fourth-order valence-corrected chi connectivity index (χ4v) is 8.65. The Kier molecular flexibility index (Phi) is 16.4. The summed E-state index contributed by atoms with van der Waals surface area (Å²) in [6.45, 7) is 8.96. The monoisotopic (exact) mass is 959 g/mol. The van der Waals surface area contributed by atoms with Gasteiger partial charge in [-0.05, 0) is 101 Å². The van der Waals surface area contributed by atoms with Gasteiger partial charge < -0.3 is 35.0 Å². The molecule has 0 aliphatic heterocycles. The van der Waals surface area contributed by atoms with Crippen LogP contribution in [0.15, 0.2) is 46.0 Å². The predicted octanol–water partition coefficient (Wildman–Crippen LogP) is 7.84. The number of carbonyl (C=O) groups excluding carboxylic acids is 1. The first-order chi connectivity index (χ1) is 30.6. The topological polar surface area (TPSA) is 235 Å². The first kappa shape index (κ1) is 50.0. The molecule has 65 heavy (non-hydrogen) atoms. The van der Waals surface area contributed by atoms with E-state index in [0.717, 1.165) is 81.2 Å². The van der Waals surface area contributed by atoms with Crippen molar-refractivity contribution in [3.63, 3.8) is 0 Å². The first-order valence-corrected chi connectivity index (χ1v) is 22.6. The third-order valence-corrected chi connectivity index (χ3v) is 12.8. The quantitative estimate of drug-likeness (QED) is 0.0463. The SMILES string of the molecule is C.CCCc1nn(C)c2c(=O)[nH]c(-c3cc(CC4(C(=O)OC)CCC4)ccc3OCC)nc12.CCCc1nn(C)c2c(=O)[nH]c(-c3cc(N)ccc3OCC)nc12.O=C(O)C1(Br)CCC1. The number of nitrogens with one attached hydrogen (secondary N) is 2. The Labute approximate surface area is 386 Å². The number of hydrogen-bond donors (Lipinski definition) is 4. The maximum Gasteiger partial charge on any atom is 0.320 e. The lowest BCUT2D eigenvalue weighted by molar-refractivity contribution is -0.158. The molecule has 0 atom stereocenters. The van der Waals surface area contributed by atoms with Gasteiger partial charge in [0, 0.05) is 19.8 Å². The van der Waals surface area contributed by atoms with Crippen LogP contribution in [-0.2, 0) is 47.7 Å². The van der Waals surface area contributed by atoms with Crippen LogP contribution in [-0.4, -0.2) is 81.2 Å². The molecule has 0 saturated heterocycles. The lowest BCUT2D eigenvalue weighted by Crippen LogP contribution is -2.40. The molecule has 2 aliphatic rings. The highest BCUT2D eigenvalue weighted by Gasteiger charge is 2.45. The van der Waals surface area contributed by atoms with Gasteiger partial charge in [-0.3, -0.25) is 28.5 Å². The maximum absolute atomic E-state index is 12.9. The molecule has 0 amide bonds. The van der Waals surface area contributed by atoms with Crippen molar-refractivity contribution >= 4 is 55.6 Å². The number of carboxylic acid groups (broad SMARTS) is 1. The molecular weight excluding hydrogens is 898 g/mol. The Hall–Kier alpha value is -6.04. The van der Waals surface area contributed by atoms with Gasteiger partial charge in [0.05, 0.1) is 48.3 Å². The van der Waals surface area contributed by atoms with Crippen molar-refractivity contribution in [3.8, 4) is 34.3 Å². The number of anilines is 1. The molecule has 0 spiro atoms. The molecule has 2 fully saturated rings. The van der Waals surface area contributed by atoms with E-state index in [4.69, 9.17) is 30.0 Å². The molecule has 2 saturated carbocycles. The second kappa shape index (κ2) is 21.3. The standard InChI is InChI=1S/C24H30N4O4.C17H21N5O2.C5H7BrO2.CH4/c1-5-8-17-19-20(28(3)27-17)22(29)26-21(25-19)16-13-15(9-10-18(16)32-6-2)14-24(11-7-12-24)23(30)31-4;1-4-6-12-14-15(22(3)21-12)17(23)20-16(19-14)11-9-10(18)7-8-13(11)24-5-2;6-5(4(7)8)2-1-3-5;/h9-10,13H,5-8,11-12,14H2,1-4H3,(H,25,26,29);7-9H,4-6,18H2,1-3H3,(H,19,20,23);1-3H2,(H,7,8);1H4. The van der Waals surface area contributed by atoms with Gasteiger partial charge in [-0.2, -0.15) is 10.2 Å². The number of methoxy groups -OCH3 is 1. The van der Waals surface area contributed by atoms with E-state index in [0.29, 0.717) is 81.7 Å². The lowest BCUT2D eigenvalue weighted by Gasteiger charge is -2.39. The number of H-pyrrole nitrogens is 2. The number of alkyl halides is 1. The van der Waals surface area contributed by atoms with E-state index in [1.54, 1.807) is 41.7 Å². The Bertz CT molecular complexity index is 2770. The minimum Gasteiger partial charge on any atom is -0.493 e. The number of fused-ring (bicyclic) bond motifs is 2. The highest BCUT2D eigenvalue weighted by atomic mass is 79.9. The minimum atomic E-state index is -0.719. The summed E-state index contributed by atoms with van der Waals surface area (Å²) in [6.07, 6.45) is 9.19. The minimum absolute atomic E-state index is 0. The number of esters is 1. The van der Waals surface area contributed by atoms with Crippen molar-refractivity contribution in [1.29, 1.82) is 0 Å². The number of ether oxygens (including phenoxy) is 3. The molecule has 17 nitrogen and oxygen atoms in total. The molecule has 8 rings (SSSR count). The fraction of sp³-hybridized carbons (Fsp3) is 0.489. The van der Waals surface area contributed by atoms with Gasteiger partial charge in [-0.15, -0.1) is 0 Å². The Morgan fingerprint density at radius 2 is 1.26 bits per heavy atom. The second-order valence-corrected chi connectivity index (χ2v) is 17.8. The highest BCUT2D eigenvalue weighted by molar-refractivity contribution is 9.10. The highest BCUT2D eigenvalue weighted by Crippen LogP contribution is 2.45. The van der Waals surface area contributed by atoms with Crippen LogP contribution in [0.4, 0.5) is 5.69 Å². The van der Waals surface area contributed by atoms with Gasteiger partial charge >= 0.3 is 11.9 Å². The average Bonchev–Trinajstić information content (AvgIpc) is 3.74. The van der Waals surface area contributed by atoms with Crippen LogP contribution in [0.5, 0.6) is 11.5 Å². The number of nitrogens with two attached hydrogens (primary N) is 1. The molecule has 350 valence electrons. The zero-order valence-electron chi connectivity index (χ0n) is 37.6. The summed E-state index contributed by atoms with van der Waals surface area (Å²) in [5.74, 6) is 1.28. The largest absolute Gasteiger partial charge is 0.493 e. The average molecular weight is 961 g/mol. The number of benzene rings is 2. The van der Waals surface area contributed by atoms with Gasteiger partial charge in [0.1, 0.15) is 38.5 Å². The number of rotatable bonds is 14. The van der Waals surface area contributed by atoms with Crippen LogP contribution >= 0.6 is 15.9 Å². The van der Waals surface area contributed by atoms with Crippen LogP contribution in [0.25, 0.3) is 44.8 Å². The van der Waals surface area contributed by atoms with Crippen LogP contribution < -0.4 is 26.3 Å². The number of nitrogens with zero attached hydrogens (tertiary/aromatic N) is 6. The van der Waals surface area contributed by atoms with Crippen molar-refractivity contribution in [2.24, 2.45) is 19.5 Å². The number of carbonyl (C=O) groups is 2. The summed E-state index contributed by atoms with van der Waals surface area (Å²) in [5, 5.41) is 17.4. The number of carboxylic acids is 1. The van der Waals surface area contributed by atoms with Gasteiger partial charge in [-0.1, -0.05) is 62.5 Å². The van der Waals surface area contributed by atoms with E-state index in [1.165, 1.54) is 7.11 Å². The van der Waals surface area contributed by atoms with E-state index in [9.17, 15) is 19.2 Å². The van der Waals surface area contributed by atoms with Crippen molar-refractivity contribution in [2.45, 2.75) is 110 Å². The normalized spacial score (nSPS) is 14.4. The first-order valence-electron chi connectivity index (χ1n) is 21.8. The van der Waals surface area contributed by atoms with Crippen LogP contribution in [0.3, 0.4) is 0 Å². The maximum atomic E-state index is 12.9. The van der Waals surface area contributed by atoms with E-state index in [1.807, 2.05) is 32.0 Å². The molecule has 2 aromatic carbocycles. The Balaban J connectivity index is 0.000000211. The van der Waals surface area contributed by atoms with Crippen molar-refractivity contribution < 1.29 is 28.9 Å². The molecule has 18 heteroatoms. The number of aromatic amines is 2. The molecule has 0 bridgehead atoms. The van der Waals surface area contributed by atoms with E-state index in [-0.39, 0.29) is 24.5 Å². The molecule has 5 N–H and O–H groups in total. The van der Waals surface area contributed by atoms with Crippen molar-refractivity contribution in [1.82, 2.24) is 39.5 Å². The van der Waals surface area contributed by atoms with E-state index in [2.05, 4.69) is 54.9 Å². The molecule has 0 unspecified atom stereocenters. The zero-order chi connectivity index (χ0) is 46.3. The van der Waals surface area contributed by atoms with Gasteiger partial charge in [-0.25, -0.2) is 9.97 Å². The Morgan fingerprint density at radius 3 is 1.65 bits per heavy atom. The van der Waals surface area contributed by atoms with E-state index >= 15 is 0 Å². The summed E-state index contributed by atoms with van der Waals surface area (Å²) in [7, 11) is 4.96. The van der Waals surface area contributed by atoms with Crippen molar-refractivity contribution in [3.05, 3.63) is 74.1 Å². The smallest absolute Gasteiger partial charge is 0.320 e. The van der Waals surface area contributed by atoms with E-state index < -0.39 is 15.7 Å². The number of nitrogen functional groups attached to an aromatic ring is 1. The lowest BCUT2D eigenvalue weighted by atomic mass is 9.65. The van der Waals surface area contributed by atoms with Crippen LogP contribution in [0.1, 0.15) is 103 Å². The van der Waals surface area contributed by atoms with Crippen LogP contribution in [0, 0.1) is 5.41 Å². The fourth-order valence-electron chi connectivity index (χ4n) is 8.09. The molecule has 2 aliphatic carbocycles. The molecule has 4 heterocycles. The van der Waals surface area contributed by atoms with Gasteiger partial charge in [0.15, 0.2) is 11.0 Å². The Morgan fingerprint density at radius 1 is 0.785 bits per heavy atom. The number of aliphatic carboxylic acids is 1. The van der Waals surface area contributed by atoms with Gasteiger partial charge in [0.25, 0.3) is 11.1 Å². The van der Waals surface area contributed by atoms with Crippen molar-refractivity contribution in [2.75, 3.05) is 26.1 Å². The zero-order valence-corrected chi connectivity index (χ0v) is 39.2. The summed E-state index contributed by atoms with van der Waals surface area (Å²) in [5.41, 5.74) is 11.7. The molecule has 0 radical (unpaired) electrons. The number of aromatic nitrogens is 8. The second-order valence-electron chi connectivity index (χ2n) is 16.2. The summed E-state index contributed by atoms with van der Waals surface area (Å²) >= 11 is 3.13. The molecule has 6 aromatic rings. The van der Waals surface area contributed by atoms with Crippen LogP contribution in [0.2, 0.25) is 0 Å². The predicted molar refractivity (Wildman–Crippen MR) is 256 cm³/mol. The third kappa shape index (κ3) is 10.6. The number of halogens is 1. The van der Waals surface area contributed by atoms with Gasteiger partial charge in [0.2, 0.25) is 0 Å². The number of hydrogen-bond acceptors (Lipinski definition) is 12.